The Hall–Kier alpha value is -1.85. The van der Waals surface area contributed by atoms with E-state index >= 15 is 0 Å². The minimum Gasteiger partial charge on any atom is -0.396 e. The van der Waals surface area contributed by atoms with Crippen LogP contribution in [-0.2, 0) is 4.79 Å². The van der Waals surface area contributed by atoms with Crippen LogP contribution in [0.4, 0.5) is 0 Å². The van der Waals surface area contributed by atoms with Gasteiger partial charge < -0.3 is 15.8 Å². The van der Waals surface area contributed by atoms with E-state index in [0.29, 0.717) is 10.6 Å². The number of carbonyl (C=O) groups is 1. The minimum atomic E-state index is -0.452. The van der Waals surface area contributed by atoms with Gasteiger partial charge in [-0.2, -0.15) is 4.99 Å². The molecule has 0 bridgehead atoms. The molecule has 0 atom stereocenters. The summed E-state index contributed by atoms with van der Waals surface area (Å²) in [5, 5.41) is 10.0. The van der Waals surface area contributed by atoms with Gasteiger partial charge in [0.1, 0.15) is 5.84 Å². The van der Waals surface area contributed by atoms with E-state index in [1.54, 1.807) is 18.3 Å². The number of aromatic nitrogens is 1. The van der Waals surface area contributed by atoms with Gasteiger partial charge in [-0.25, -0.2) is 0 Å². The molecule has 1 aromatic carbocycles. The van der Waals surface area contributed by atoms with E-state index in [1.165, 1.54) is 0 Å². The summed E-state index contributed by atoms with van der Waals surface area (Å²) in [6.45, 7) is -0.241. The van der Waals surface area contributed by atoms with Crippen molar-refractivity contribution >= 4 is 34.2 Å². The van der Waals surface area contributed by atoms with Gasteiger partial charge in [0.05, 0.1) is 13.0 Å². The number of amidine groups is 1. The summed E-state index contributed by atoms with van der Waals surface area (Å²) in [5.41, 5.74) is 7.26. The monoisotopic (exact) mass is 265 g/mol. The molecule has 1 aromatic heterocycles. The summed E-state index contributed by atoms with van der Waals surface area (Å²) in [7, 11) is 0. The number of H-pyrrole nitrogens is 1. The highest BCUT2D eigenvalue weighted by atomic mass is 35.5. The summed E-state index contributed by atoms with van der Waals surface area (Å²) in [6.07, 6.45) is 1.63. The highest BCUT2D eigenvalue weighted by Crippen LogP contribution is 2.22. The van der Waals surface area contributed by atoms with Crippen molar-refractivity contribution in [3.63, 3.8) is 0 Å². The fraction of sp³-hybridized carbons (Fsp3) is 0.167. The molecular formula is C12H12ClN3O2. The van der Waals surface area contributed by atoms with Gasteiger partial charge in [0.25, 0.3) is 0 Å². The number of fused-ring (bicyclic) bond motifs is 1. The van der Waals surface area contributed by atoms with Crippen molar-refractivity contribution in [3.05, 3.63) is 35.0 Å². The molecule has 0 saturated carbocycles. The number of aromatic amines is 1. The molecule has 0 radical (unpaired) electrons. The van der Waals surface area contributed by atoms with E-state index in [-0.39, 0.29) is 18.9 Å². The van der Waals surface area contributed by atoms with Gasteiger partial charge in [0.15, 0.2) is 0 Å². The van der Waals surface area contributed by atoms with Crippen LogP contribution in [-0.4, -0.2) is 28.4 Å². The first-order chi connectivity index (χ1) is 8.61. The summed E-state index contributed by atoms with van der Waals surface area (Å²) in [4.78, 5) is 18.0. The highest BCUT2D eigenvalue weighted by molar-refractivity contribution is 6.31. The lowest BCUT2D eigenvalue weighted by Crippen LogP contribution is -2.15. The van der Waals surface area contributed by atoms with Crippen LogP contribution in [0.3, 0.4) is 0 Å². The first-order valence-electron chi connectivity index (χ1n) is 5.36. The van der Waals surface area contributed by atoms with Crippen molar-refractivity contribution < 1.29 is 9.90 Å². The molecule has 1 heterocycles. The number of aliphatic imine (C=N–C) groups is 1. The largest absolute Gasteiger partial charge is 0.396 e. The van der Waals surface area contributed by atoms with E-state index in [2.05, 4.69) is 9.98 Å². The van der Waals surface area contributed by atoms with Crippen LogP contribution in [0.25, 0.3) is 10.9 Å². The molecule has 1 amide bonds. The average Bonchev–Trinajstić information content (AvgIpc) is 2.71. The Bertz CT molecular complexity index is 619. The molecule has 0 unspecified atom stereocenters. The third-order valence-electron chi connectivity index (χ3n) is 2.49. The second kappa shape index (κ2) is 5.20. The van der Waals surface area contributed by atoms with Crippen LogP contribution < -0.4 is 5.73 Å². The van der Waals surface area contributed by atoms with Crippen molar-refractivity contribution in [1.82, 2.24) is 4.98 Å². The average molecular weight is 266 g/mol. The van der Waals surface area contributed by atoms with Crippen LogP contribution in [0.5, 0.6) is 0 Å². The summed E-state index contributed by atoms with van der Waals surface area (Å²) >= 11 is 5.91. The number of nitrogens with one attached hydrogen (secondary N) is 1. The van der Waals surface area contributed by atoms with Gasteiger partial charge in [-0.1, -0.05) is 11.6 Å². The number of carbonyl (C=O) groups excluding carboxylic acids is 1. The predicted octanol–water partition coefficient (Wildman–Crippen LogP) is 1.44. The number of hydrogen-bond acceptors (Lipinski definition) is 2. The smallest absolute Gasteiger partial charge is 0.249 e. The zero-order valence-electron chi connectivity index (χ0n) is 9.48. The standard InChI is InChI=1S/C12H12ClN3O2/c13-7-1-2-10-8(5-7)9(6-15-10)12(14)16-11(18)3-4-17/h1-2,5-6,15,17H,3-4H2,(H2,14,16,18). The second-order valence-electron chi connectivity index (χ2n) is 3.76. The number of aliphatic hydroxyl groups is 1. The zero-order valence-corrected chi connectivity index (χ0v) is 10.2. The number of rotatable bonds is 3. The van der Waals surface area contributed by atoms with Crippen LogP contribution >= 0.6 is 11.6 Å². The molecule has 0 spiro atoms. The zero-order chi connectivity index (χ0) is 13.1. The van der Waals surface area contributed by atoms with Crippen molar-refractivity contribution in [1.29, 1.82) is 0 Å². The molecule has 5 nitrogen and oxygen atoms in total. The lowest BCUT2D eigenvalue weighted by molar-refractivity contribution is -0.118. The molecule has 6 heteroatoms. The van der Waals surface area contributed by atoms with Gasteiger partial charge in [-0.15, -0.1) is 0 Å². The lowest BCUT2D eigenvalue weighted by Gasteiger charge is -1.99. The van der Waals surface area contributed by atoms with Crippen LogP contribution in [0.2, 0.25) is 5.02 Å². The van der Waals surface area contributed by atoms with Gasteiger partial charge >= 0.3 is 0 Å². The van der Waals surface area contributed by atoms with E-state index < -0.39 is 5.91 Å². The molecule has 0 fully saturated rings. The molecule has 2 rings (SSSR count). The first-order valence-corrected chi connectivity index (χ1v) is 5.74. The van der Waals surface area contributed by atoms with Crippen LogP contribution in [0, 0.1) is 0 Å². The van der Waals surface area contributed by atoms with Crippen molar-refractivity contribution in [2.45, 2.75) is 6.42 Å². The van der Waals surface area contributed by atoms with Gasteiger partial charge in [-0.05, 0) is 18.2 Å². The molecule has 94 valence electrons. The minimum absolute atomic E-state index is 0.0379. The maximum absolute atomic E-state index is 11.3. The number of nitrogens with zero attached hydrogens (tertiary/aromatic N) is 1. The Balaban J connectivity index is 2.41. The molecule has 4 N–H and O–H groups in total. The van der Waals surface area contributed by atoms with Crippen LogP contribution in [0.1, 0.15) is 12.0 Å². The number of nitrogens with two attached hydrogens (primary N) is 1. The van der Waals surface area contributed by atoms with Gasteiger partial charge in [0.2, 0.25) is 5.91 Å². The van der Waals surface area contributed by atoms with Crippen molar-refractivity contribution in [2.75, 3.05) is 6.61 Å². The molecular weight excluding hydrogens is 254 g/mol. The van der Waals surface area contributed by atoms with Gasteiger partial charge in [-0.3, -0.25) is 4.79 Å². The molecule has 0 aliphatic heterocycles. The van der Waals surface area contributed by atoms with E-state index in [1.807, 2.05) is 6.07 Å². The van der Waals surface area contributed by atoms with Crippen molar-refractivity contribution in [3.8, 4) is 0 Å². The number of benzene rings is 1. The SMILES string of the molecule is NC(=NC(=O)CCO)c1c[nH]c2ccc(Cl)cc12. The normalized spacial score (nSPS) is 12.0. The number of aliphatic hydroxyl groups excluding tert-OH is 1. The molecule has 0 aliphatic rings. The fourth-order valence-corrected chi connectivity index (χ4v) is 1.82. The Labute approximate surface area is 108 Å². The molecule has 18 heavy (non-hydrogen) atoms. The molecule has 0 aliphatic carbocycles. The number of hydrogen-bond donors (Lipinski definition) is 3. The molecule has 2 aromatic rings. The third kappa shape index (κ3) is 2.52. The Morgan fingerprint density at radius 3 is 3.00 bits per heavy atom. The van der Waals surface area contributed by atoms with E-state index in [4.69, 9.17) is 22.4 Å². The number of amides is 1. The quantitative estimate of drug-likeness (QED) is 0.579. The summed E-state index contributed by atoms with van der Waals surface area (Å²) in [6, 6.07) is 5.33. The van der Waals surface area contributed by atoms with E-state index in [0.717, 1.165) is 10.9 Å². The summed E-state index contributed by atoms with van der Waals surface area (Å²) in [5.74, 6) is -0.339. The lowest BCUT2D eigenvalue weighted by atomic mass is 10.1. The fourth-order valence-electron chi connectivity index (χ4n) is 1.65. The Morgan fingerprint density at radius 2 is 2.28 bits per heavy atom. The Morgan fingerprint density at radius 1 is 1.50 bits per heavy atom. The predicted molar refractivity (Wildman–Crippen MR) is 70.7 cm³/mol. The summed E-state index contributed by atoms with van der Waals surface area (Å²) < 4.78 is 0. The Kier molecular flexibility index (Phi) is 3.64. The van der Waals surface area contributed by atoms with Crippen LogP contribution in [0.15, 0.2) is 29.4 Å². The maximum atomic E-state index is 11.3. The topological polar surface area (TPSA) is 91.5 Å². The highest BCUT2D eigenvalue weighted by Gasteiger charge is 2.09. The number of halogens is 1. The van der Waals surface area contributed by atoms with E-state index in [9.17, 15) is 4.79 Å². The third-order valence-corrected chi connectivity index (χ3v) is 2.73. The van der Waals surface area contributed by atoms with Gasteiger partial charge in [0, 0.05) is 27.7 Å². The maximum Gasteiger partial charge on any atom is 0.249 e. The second-order valence-corrected chi connectivity index (χ2v) is 4.19. The van der Waals surface area contributed by atoms with Crippen molar-refractivity contribution in [2.24, 2.45) is 10.7 Å². The first kappa shape index (κ1) is 12.6. The molecule has 0 saturated heterocycles.